The molecule has 0 amide bonds. The molecule has 24 heavy (non-hydrogen) atoms. The molecule has 0 bridgehead atoms. The van der Waals surface area contributed by atoms with Crippen LogP contribution in [0.5, 0.6) is 5.75 Å². The topological polar surface area (TPSA) is 21.7 Å². The van der Waals surface area contributed by atoms with Crippen LogP contribution in [0.2, 0.25) is 0 Å². The first-order chi connectivity index (χ1) is 11.8. The highest BCUT2D eigenvalue weighted by atomic mass is 16.5. The predicted octanol–water partition coefficient (Wildman–Crippen LogP) is 5.21. The predicted molar refractivity (Wildman–Crippen MR) is 98.5 cm³/mol. The van der Waals surface area contributed by atoms with E-state index in [1.165, 1.54) is 0 Å². The molecule has 3 rings (SSSR count). The molecule has 0 spiro atoms. The van der Waals surface area contributed by atoms with Gasteiger partial charge in [0.25, 0.3) is 0 Å². The maximum atomic E-state index is 5.59. The Bertz CT molecular complexity index is 775. The van der Waals surface area contributed by atoms with Crippen LogP contribution >= 0.6 is 0 Å². The van der Waals surface area contributed by atoms with Crippen LogP contribution in [0.25, 0.3) is 0 Å². The van der Waals surface area contributed by atoms with E-state index in [0.29, 0.717) is 6.42 Å². The van der Waals surface area contributed by atoms with Gasteiger partial charge in [-0.05, 0) is 36.4 Å². The summed E-state index contributed by atoms with van der Waals surface area (Å²) in [6.07, 6.45) is 8.84. The highest BCUT2D eigenvalue weighted by Crippen LogP contribution is 2.38. The summed E-state index contributed by atoms with van der Waals surface area (Å²) >= 11 is 0. The van der Waals surface area contributed by atoms with Crippen LogP contribution in [-0.2, 0) is 4.74 Å². The van der Waals surface area contributed by atoms with Crippen molar-refractivity contribution in [1.29, 1.82) is 0 Å². The zero-order valence-electron chi connectivity index (χ0n) is 14.0. The molecule has 0 atom stereocenters. The number of anilines is 2. The molecular formula is C21H21NO2. The third kappa shape index (κ3) is 3.35. The zero-order chi connectivity index (χ0) is 16.8. The smallest absolute Gasteiger partial charge is 0.142 e. The van der Waals surface area contributed by atoms with Gasteiger partial charge in [0.2, 0.25) is 0 Å². The maximum Gasteiger partial charge on any atom is 0.142 e. The van der Waals surface area contributed by atoms with Gasteiger partial charge >= 0.3 is 0 Å². The van der Waals surface area contributed by atoms with Crippen LogP contribution in [-0.4, -0.2) is 14.2 Å². The fourth-order valence-electron chi connectivity index (χ4n) is 2.77. The molecule has 0 fully saturated rings. The Hall–Kier alpha value is -2.94. The average molecular weight is 319 g/mol. The van der Waals surface area contributed by atoms with E-state index in [-0.39, 0.29) is 0 Å². The Labute approximate surface area is 143 Å². The second-order valence-corrected chi connectivity index (χ2v) is 5.40. The largest absolute Gasteiger partial charge is 0.501 e. The number of allylic oxidation sites excluding steroid dienone is 4. The molecule has 0 unspecified atom stereocenters. The highest BCUT2D eigenvalue weighted by Gasteiger charge is 2.19. The molecule has 3 heteroatoms. The lowest BCUT2D eigenvalue weighted by molar-refractivity contribution is 0.283. The third-order valence-electron chi connectivity index (χ3n) is 3.93. The van der Waals surface area contributed by atoms with Crippen LogP contribution in [0.15, 0.2) is 90.4 Å². The van der Waals surface area contributed by atoms with Crippen molar-refractivity contribution in [3.8, 4) is 5.75 Å². The lowest BCUT2D eigenvalue weighted by Gasteiger charge is -2.29. The number of methoxy groups -OCH3 is 2. The van der Waals surface area contributed by atoms with Gasteiger partial charge in [-0.2, -0.15) is 0 Å². The van der Waals surface area contributed by atoms with E-state index in [1.807, 2.05) is 54.6 Å². The zero-order valence-corrected chi connectivity index (χ0v) is 14.0. The second kappa shape index (κ2) is 7.55. The van der Waals surface area contributed by atoms with Crippen LogP contribution in [0.1, 0.15) is 6.42 Å². The number of hydrogen-bond acceptors (Lipinski definition) is 3. The minimum absolute atomic E-state index is 0.705. The van der Waals surface area contributed by atoms with Gasteiger partial charge < -0.3 is 14.4 Å². The van der Waals surface area contributed by atoms with Gasteiger partial charge in [0.15, 0.2) is 0 Å². The van der Waals surface area contributed by atoms with E-state index in [4.69, 9.17) is 9.47 Å². The van der Waals surface area contributed by atoms with Gasteiger partial charge in [-0.3, -0.25) is 0 Å². The Morgan fingerprint density at radius 3 is 2.25 bits per heavy atom. The molecule has 2 aromatic rings. The Morgan fingerprint density at radius 2 is 1.50 bits per heavy atom. The number of nitrogens with zero attached hydrogens (tertiary/aromatic N) is 1. The fourth-order valence-corrected chi connectivity index (χ4v) is 2.77. The molecule has 0 N–H and O–H groups in total. The summed E-state index contributed by atoms with van der Waals surface area (Å²) in [4.78, 5) is 2.21. The van der Waals surface area contributed by atoms with Crippen molar-refractivity contribution in [3.05, 3.63) is 90.4 Å². The van der Waals surface area contributed by atoms with Crippen molar-refractivity contribution in [2.24, 2.45) is 0 Å². The monoisotopic (exact) mass is 319 g/mol. The van der Waals surface area contributed by atoms with Gasteiger partial charge in [-0.15, -0.1) is 0 Å². The van der Waals surface area contributed by atoms with Crippen LogP contribution in [0, 0.1) is 0 Å². The lowest BCUT2D eigenvalue weighted by atomic mass is 10.1. The number of rotatable bonds is 5. The van der Waals surface area contributed by atoms with Gasteiger partial charge in [0.05, 0.1) is 19.9 Å². The molecule has 3 nitrogen and oxygen atoms in total. The number of hydrogen-bond donors (Lipinski definition) is 0. The van der Waals surface area contributed by atoms with E-state index < -0.39 is 0 Å². The van der Waals surface area contributed by atoms with Crippen LogP contribution < -0.4 is 9.64 Å². The van der Waals surface area contributed by atoms with E-state index in [0.717, 1.165) is 28.6 Å². The molecule has 0 radical (unpaired) electrons. The molecule has 0 saturated carbocycles. The molecule has 0 saturated heterocycles. The van der Waals surface area contributed by atoms with Crippen molar-refractivity contribution in [3.63, 3.8) is 0 Å². The summed E-state index contributed by atoms with van der Waals surface area (Å²) in [6.45, 7) is 0. The minimum Gasteiger partial charge on any atom is -0.501 e. The normalized spacial score (nSPS) is 13.6. The summed E-state index contributed by atoms with van der Waals surface area (Å²) in [5, 5.41) is 0. The molecular weight excluding hydrogens is 298 g/mol. The summed E-state index contributed by atoms with van der Waals surface area (Å²) < 4.78 is 11.1. The van der Waals surface area contributed by atoms with Crippen molar-refractivity contribution in [2.45, 2.75) is 6.42 Å². The Morgan fingerprint density at radius 1 is 0.792 bits per heavy atom. The van der Waals surface area contributed by atoms with Crippen molar-refractivity contribution in [1.82, 2.24) is 0 Å². The number of para-hydroxylation sites is 3. The van der Waals surface area contributed by atoms with Crippen LogP contribution in [0.4, 0.5) is 11.4 Å². The van der Waals surface area contributed by atoms with Gasteiger partial charge in [0, 0.05) is 17.8 Å². The van der Waals surface area contributed by atoms with Crippen LogP contribution in [0.3, 0.4) is 0 Å². The van der Waals surface area contributed by atoms with Crippen molar-refractivity contribution < 1.29 is 9.47 Å². The van der Waals surface area contributed by atoms with E-state index >= 15 is 0 Å². The quantitative estimate of drug-likeness (QED) is 0.755. The molecule has 0 heterocycles. The standard InChI is InChI=1S/C21H21NO2/c1-23-19-13-7-6-12-18(16-19)22(17-10-4-3-5-11-17)20-14-8-9-15-21(20)24-2/h3-15H,16H2,1-2H3. The first-order valence-electron chi connectivity index (χ1n) is 7.92. The SMILES string of the molecule is COC1=CC=CC=C(N(c2ccccc2)c2ccccc2OC)C1. The molecule has 0 aromatic heterocycles. The van der Waals surface area contributed by atoms with E-state index in [9.17, 15) is 0 Å². The lowest BCUT2D eigenvalue weighted by Crippen LogP contribution is -2.18. The van der Waals surface area contributed by atoms with Gasteiger partial charge in [-0.1, -0.05) is 42.5 Å². The summed E-state index contributed by atoms with van der Waals surface area (Å²) in [5.41, 5.74) is 3.20. The summed E-state index contributed by atoms with van der Waals surface area (Å²) in [7, 11) is 3.41. The molecule has 2 aromatic carbocycles. The van der Waals surface area contributed by atoms with E-state index in [1.54, 1.807) is 14.2 Å². The summed E-state index contributed by atoms with van der Waals surface area (Å²) in [6, 6.07) is 18.3. The van der Waals surface area contributed by atoms with Crippen molar-refractivity contribution >= 4 is 11.4 Å². The molecule has 1 aliphatic carbocycles. The summed E-state index contributed by atoms with van der Waals surface area (Å²) in [5.74, 6) is 1.75. The Kier molecular flexibility index (Phi) is 5.02. The Balaban J connectivity index is 2.12. The first-order valence-corrected chi connectivity index (χ1v) is 7.92. The molecule has 0 aliphatic heterocycles. The highest BCUT2D eigenvalue weighted by molar-refractivity contribution is 5.74. The molecule has 1 aliphatic rings. The number of ether oxygens (including phenoxy) is 2. The van der Waals surface area contributed by atoms with Gasteiger partial charge in [-0.25, -0.2) is 0 Å². The maximum absolute atomic E-state index is 5.59. The molecule has 122 valence electrons. The number of benzene rings is 2. The van der Waals surface area contributed by atoms with E-state index in [2.05, 4.69) is 29.2 Å². The minimum atomic E-state index is 0.705. The third-order valence-corrected chi connectivity index (χ3v) is 3.93. The van der Waals surface area contributed by atoms with Gasteiger partial charge in [0.1, 0.15) is 11.5 Å². The fraction of sp³-hybridized carbons (Fsp3) is 0.143. The van der Waals surface area contributed by atoms with Crippen molar-refractivity contribution in [2.75, 3.05) is 19.1 Å². The second-order valence-electron chi connectivity index (χ2n) is 5.40. The first kappa shape index (κ1) is 15.9. The average Bonchev–Trinajstić information content (AvgIpc) is 2.89.